The van der Waals surface area contributed by atoms with Crippen molar-refractivity contribution in [3.05, 3.63) is 64.7 Å². The van der Waals surface area contributed by atoms with Crippen molar-refractivity contribution in [1.82, 2.24) is 0 Å². The summed E-state index contributed by atoms with van der Waals surface area (Å²) in [5.74, 6) is -0.894. The number of hydrogen-bond donors (Lipinski definition) is 1. The van der Waals surface area contributed by atoms with Gasteiger partial charge in [0.05, 0.1) is 0 Å². The largest absolute Gasteiger partial charge is 0.489 e. The number of benzene rings is 2. The molecule has 108 valence electrons. The average molecular weight is 283 g/mol. The molecular weight excluding hydrogens is 266 g/mol. The first-order valence-corrected chi connectivity index (χ1v) is 6.61. The molecule has 0 aliphatic rings. The smallest absolute Gasteiger partial charge is 0.289 e. The van der Waals surface area contributed by atoms with Crippen LogP contribution in [0.1, 0.15) is 27.0 Å². The average Bonchev–Trinajstić information content (AvgIpc) is 2.45. The Bertz CT molecular complexity index is 692. The van der Waals surface area contributed by atoms with Gasteiger partial charge in [-0.15, -0.1) is 0 Å². The van der Waals surface area contributed by atoms with Crippen molar-refractivity contribution in [3.63, 3.8) is 0 Å². The summed E-state index contributed by atoms with van der Waals surface area (Å²) in [5.41, 5.74) is 7.81. The number of carbonyl (C=O) groups excluding carboxylic acids is 2. The van der Waals surface area contributed by atoms with Crippen molar-refractivity contribution in [2.75, 3.05) is 0 Å². The molecule has 0 aliphatic carbocycles. The second kappa shape index (κ2) is 6.22. The van der Waals surface area contributed by atoms with E-state index in [-0.39, 0.29) is 6.61 Å². The molecule has 0 heterocycles. The first-order chi connectivity index (χ1) is 10.0. The van der Waals surface area contributed by atoms with E-state index in [0.717, 1.165) is 11.3 Å². The number of Topliss-reactive ketones (excluding diaryl/α,β-unsaturated/α-hetero) is 1. The van der Waals surface area contributed by atoms with Crippen LogP contribution < -0.4 is 10.5 Å². The van der Waals surface area contributed by atoms with E-state index in [1.165, 1.54) is 0 Å². The van der Waals surface area contributed by atoms with Crippen LogP contribution in [-0.4, -0.2) is 11.7 Å². The van der Waals surface area contributed by atoms with Crippen LogP contribution in [0.4, 0.5) is 0 Å². The summed E-state index contributed by atoms with van der Waals surface area (Å²) in [7, 11) is 0. The van der Waals surface area contributed by atoms with E-state index in [2.05, 4.69) is 0 Å². The van der Waals surface area contributed by atoms with Crippen LogP contribution in [0.5, 0.6) is 5.75 Å². The van der Waals surface area contributed by atoms with Crippen molar-refractivity contribution in [3.8, 4) is 5.75 Å². The molecule has 0 saturated heterocycles. The van der Waals surface area contributed by atoms with Crippen molar-refractivity contribution < 1.29 is 14.3 Å². The Balaban J connectivity index is 2.29. The third-order valence-corrected chi connectivity index (χ3v) is 3.29. The summed E-state index contributed by atoms with van der Waals surface area (Å²) < 4.78 is 5.74. The van der Waals surface area contributed by atoms with Gasteiger partial charge in [0.25, 0.3) is 11.7 Å². The highest BCUT2D eigenvalue weighted by molar-refractivity contribution is 6.43. The van der Waals surface area contributed by atoms with Gasteiger partial charge in [-0.2, -0.15) is 0 Å². The van der Waals surface area contributed by atoms with Crippen LogP contribution in [0.25, 0.3) is 0 Å². The van der Waals surface area contributed by atoms with Crippen LogP contribution in [0.3, 0.4) is 0 Å². The fourth-order valence-corrected chi connectivity index (χ4v) is 2.17. The Morgan fingerprint density at radius 3 is 2.33 bits per heavy atom. The van der Waals surface area contributed by atoms with E-state index in [1.807, 2.05) is 37.3 Å². The predicted molar refractivity (Wildman–Crippen MR) is 80.2 cm³/mol. The molecule has 0 saturated carbocycles. The first-order valence-electron chi connectivity index (χ1n) is 6.61. The molecule has 4 nitrogen and oxygen atoms in total. The standard InChI is InChI=1S/C17H17NO3/c1-11-6-3-4-9-14(11)21-10-13-8-5-7-12(2)15(13)16(19)17(18)20/h3-9H,10H2,1-2H3,(H2,18,20). The maximum atomic E-state index is 11.9. The van der Waals surface area contributed by atoms with Gasteiger partial charge in [0.1, 0.15) is 12.4 Å². The molecule has 0 aliphatic heterocycles. The van der Waals surface area contributed by atoms with Crippen LogP contribution in [0.2, 0.25) is 0 Å². The third-order valence-electron chi connectivity index (χ3n) is 3.29. The van der Waals surface area contributed by atoms with Crippen molar-refractivity contribution in [1.29, 1.82) is 0 Å². The summed E-state index contributed by atoms with van der Waals surface area (Å²) >= 11 is 0. The molecule has 1 amide bonds. The molecule has 0 radical (unpaired) electrons. The Hall–Kier alpha value is -2.62. The van der Waals surface area contributed by atoms with Gasteiger partial charge in [0.15, 0.2) is 0 Å². The number of para-hydroxylation sites is 1. The van der Waals surface area contributed by atoms with Gasteiger partial charge in [-0.25, -0.2) is 0 Å². The van der Waals surface area contributed by atoms with Crippen LogP contribution >= 0.6 is 0 Å². The number of hydrogen-bond acceptors (Lipinski definition) is 3. The summed E-state index contributed by atoms with van der Waals surface area (Å²) in [5, 5.41) is 0. The number of aryl methyl sites for hydroxylation is 2. The number of amides is 1. The molecule has 0 bridgehead atoms. The number of ether oxygens (including phenoxy) is 1. The number of ketones is 1. The third kappa shape index (κ3) is 3.28. The minimum Gasteiger partial charge on any atom is -0.489 e. The molecule has 2 rings (SSSR count). The summed E-state index contributed by atoms with van der Waals surface area (Å²) in [6.07, 6.45) is 0. The molecule has 0 fully saturated rings. The monoisotopic (exact) mass is 283 g/mol. The topological polar surface area (TPSA) is 69.4 Å². The summed E-state index contributed by atoms with van der Waals surface area (Å²) in [6, 6.07) is 13.0. The second-order valence-corrected chi connectivity index (χ2v) is 4.86. The van der Waals surface area contributed by atoms with Gasteiger partial charge >= 0.3 is 0 Å². The van der Waals surface area contributed by atoms with Crippen molar-refractivity contribution in [2.45, 2.75) is 20.5 Å². The van der Waals surface area contributed by atoms with Crippen molar-refractivity contribution in [2.24, 2.45) is 5.73 Å². The SMILES string of the molecule is Cc1ccccc1OCc1cccc(C)c1C(=O)C(N)=O. The Kier molecular flexibility index (Phi) is 4.38. The fourth-order valence-electron chi connectivity index (χ4n) is 2.17. The van der Waals surface area contributed by atoms with Crippen LogP contribution in [0, 0.1) is 13.8 Å². The molecule has 2 N–H and O–H groups in total. The van der Waals surface area contributed by atoms with Crippen molar-refractivity contribution >= 4 is 11.7 Å². The number of rotatable bonds is 5. The van der Waals surface area contributed by atoms with Gasteiger partial charge < -0.3 is 10.5 Å². The molecule has 0 unspecified atom stereocenters. The maximum absolute atomic E-state index is 11.9. The highest BCUT2D eigenvalue weighted by Gasteiger charge is 2.19. The van der Waals surface area contributed by atoms with E-state index in [4.69, 9.17) is 10.5 Å². The first kappa shape index (κ1) is 14.8. The lowest BCUT2D eigenvalue weighted by molar-refractivity contribution is -0.114. The molecule has 2 aromatic carbocycles. The molecule has 0 atom stereocenters. The van der Waals surface area contributed by atoms with Gasteiger partial charge in [-0.05, 0) is 31.0 Å². The summed E-state index contributed by atoms with van der Waals surface area (Å²) in [4.78, 5) is 23.1. The number of nitrogens with two attached hydrogens (primary N) is 1. The molecular formula is C17H17NO3. The molecule has 4 heteroatoms. The number of primary amides is 1. The summed E-state index contributed by atoms with van der Waals surface area (Å²) in [6.45, 7) is 3.93. The predicted octanol–water partition coefficient (Wildman–Crippen LogP) is 2.55. The second-order valence-electron chi connectivity index (χ2n) is 4.86. The molecule has 21 heavy (non-hydrogen) atoms. The lowest BCUT2D eigenvalue weighted by atomic mass is 9.98. The highest BCUT2D eigenvalue weighted by atomic mass is 16.5. The van der Waals surface area contributed by atoms with Gasteiger partial charge in [0, 0.05) is 11.1 Å². The Morgan fingerprint density at radius 1 is 1.00 bits per heavy atom. The Morgan fingerprint density at radius 2 is 1.67 bits per heavy atom. The molecule has 2 aromatic rings. The van der Waals surface area contributed by atoms with Gasteiger partial charge in [0.2, 0.25) is 0 Å². The quantitative estimate of drug-likeness (QED) is 0.677. The lowest BCUT2D eigenvalue weighted by Gasteiger charge is -2.13. The van der Waals surface area contributed by atoms with Crippen LogP contribution in [0.15, 0.2) is 42.5 Å². The maximum Gasteiger partial charge on any atom is 0.289 e. The number of carbonyl (C=O) groups is 2. The van der Waals surface area contributed by atoms with E-state index in [0.29, 0.717) is 16.7 Å². The highest BCUT2D eigenvalue weighted by Crippen LogP contribution is 2.21. The minimum atomic E-state index is -0.957. The Labute approximate surface area is 123 Å². The zero-order valence-electron chi connectivity index (χ0n) is 12.1. The van der Waals surface area contributed by atoms with E-state index in [1.54, 1.807) is 19.1 Å². The normalized spacial score (nSPS) is 10.2. The van der Waals surface area contributed by atoms with Gasteiger partial charge in [-0.3, -0.25) is 9.59 Å². The van der Waals surface area contributed by atoms with E-state index >= 15 is 0 Å². The van der Waals surface area contributed by atoms with Gasteiger partial charge in [-0.1, -0.05) is 36.4 Å². The fraction of sp³-hybridized carbons (Fsp3) is 0.176. The van der Waals surface area contributed by atoms with Crippen LogP contribution in [-0.2, 0) is 11.4 Å². The zero-order valence-corrected chi connectivity index (χ0v) is 12.1. The van der Waals surface area contributed by atoms with E-state index in [9.17, 15) is 9.59 Å². The molecule has 0 spiro atoms. The minimum absolute atomic E-state index is 0.209. The lowest BCUT2D eigenvalue weighted by Crippen LogP contribution is -2.25. The zero-order chi connectivity index (χ0) is 15.4. The van der Waals surface area contributed by atoms with E-state index < -0.39 is 11.7 Å². The molecule has 0 aromatic heterocycles.